The standard InChI is InChI=1S/C25H27Cl2N2O2/c1-17(2)18-7-3-4-8-19(18)20-10-12-22(26)25(27)21(20)11-13-23(30)28-14-6-16-29-15-5-9-24(29)31/h3-4,7-8,10-11,13,17H,5-6,9,14-16H2,1-2H3,(H,28,30)/b13-11+. The zero-order valence-electron chi connectivity index (χ0n) is 17.9. The highest BCUT2D eigenvalue weighted by molar-refractivity contribution is 6.43. The van der Waals surface area contributed by atoms with E-state index in [0.717, 1.165) is 30.5 Å². The van der Waals surface area contributed by atoms with Crippen molar-refractivity contribution in [3.63, 3.8) is 0 Å². The molecule has 1 fully saturated rings. The van der Waals surface area contributed by atoms with Crippen LogP contribution in [0, 0.1) is 6.07 Å². The van der Waals surface area contributed by atoms with Crippen molar-refractivity contribution in [1.82, 2.24) is 10.2 Å². The van der Waals surface area contributed by atoms with Crippen molar-refractivity contribution in [3.05, 3.63) is 63.6 Å². The lowest BCUT2D eigenvalue weighted by Crippen LogP contribution is -2.29. The van der Waals surface area contributed by atoms with Crippen LogP contribution in [0.15, 0.2) is 36.4 Å². The monoisotopic (exact) mass is 457 g/mol. The predicted molar refractivity (Wildman–Crippen MR) is 127 cm³/mol. The summed E-state index contributed by atoms with van der Waals surface area (Å²) in [5.74, 6) is 0.317. The van der Waals surface area contributed by atoms with Crippen LogP contribution in [-0.2, 0) is 9.59 Å². The van der Waals surface area contributed by atoms with E-state index >= 15 is 0 Å². The lowest BCUT2D eigenvalue weighted by Gasteiger charge is -2.16. The minimum atomic E-state index is -0.212. The maximum absolute atomic E-state index is 12.3. The first-order valence-corrected chi connectivity index (χ1v) is 11.4. The van der Waals surface area contributed by atoms with Crippen molar-refractivity contribution in [2.75, 3.05) is 19.6 Å². The summed E-state index contributed by atoms with van der Waals surface area (Å²) in [6, 6.07) is 12.9. The number of benzene rings is 2. The maximum Gasteiger partial charge on any atom is 0.244 e. The quantitative estimate of drug-likeness (QED) is 0.406. The molecule has 0 saturated carbocycles. The number of amides is 2. The summed E-state index contributed by atoms with van der Waals surface area (Å²) in [6.45, 7) is 6.27. The van der Waals surface area contributed by atoms with E-state index in [-0.39, 0.29) is 11.8 Å². The van der Waals surface area contributed by atoms with Crippen LogP contribution in [0.3, 0.4) is 0 Å². The van der Waals surface area contributed by atoms with Gasteiger partial charge in [0.25, 0.3) is 0 Å². The molecule has 1 radical (unpaired) electrons. The molecule has 1 N–H and O–H groups in total. The van der Waals surface area contributed by atoms with Gasteiger partial charge in [-0.05, 0) is 47.6 Å². The molecule has 3 rings (SSSR count). The van der Waals surface area contributed by atoms with Crippen LogP contribution in [0.25, 0.3) is 17.2 Å². The molecule has 1 saturated heterocycles. The molecule has 0 aromatic heterocycles. The van der Waals surface area contributed by atoms with E-state index in [9.17, 15) is 9.59 Å². The number of rotatable bonds is 8. The zero-order valence-corrected chi connectivity index (χ0v) is 19.4. The first kappa shape index (κ1) is 23.4. The summed E-state index contributed by atoms with van der Waals surface area (Å²) in [4.78, 5) is 25.8. The summed E-state index contributed by atoms with van der Waals surface area (Å²) < 4.78 is 0. The third-order valence-corrected chi connectivity index (χ3v) is 6.20. The van der Waals surface area contributed by atoms with Gasteiger partial charge in [-0.2, -0.15) is 0 Å². The van der Waals surface area contributed by atoms with Crippen LogP contribution >= 0.6 is 23.2 Å². The average molecular weight is 458 g/mol. The fraction of sp³-hybridized carbons (Fsp3) is 0.360. The molecule has 163 valence electrons. The SMILES string of the molecule is CC(C)c1ccccc1-c1c[c]c(Cl)c(Cl)c1/C=C/C(=O)NCCCN1CCCC1=O. The Bertz CT molecular complexity index is 985. The number of carbonyl (C=O) groups excluding carboxylic acids is 2. The Morgan fingerprint density at radius 2 is 2.03 bits per heavy atom. The molecule has 1 aliphatic rings. The summed E-state index contributed by atoms with van der Waals surface area (Å²) in [5, 5.41) is 3.56. The highest BCUT2D eigenvalue weighted by Crippen LogP contribution is 2.38. The molecule has 31 heavy (non-hydrogen) atoms. The number of halogens is 2. The average Bonchev–Trinajstić information content (AvgIpc) is 3.16. The molecule has 2 amide bonds. The Morgan fingerprint density at radius 1 is 1.26 bits per heavy atom. The van der Waals surface area contributed by atoms with Crippen LogP contribution < -0.4 is 5.32 Å². The molecule has 0 aliphatic carbocycles. The second kappa shape index (κ2) is 10.8. The zero-order chi connectivity index (χ0) is 22.4. The summed E-state index contributed by atoms with van der Waals surface area (Å²) in [7, 11) is 0. The van der Waals surface area contributed by atoms with E-state index in [1.54, 1.807) is 6.08 Å². The molecule has 0 atom stereocenters. The Morgan fingerprint density at radius 3 is 2.74 bits per heavy atom. The number of nitrogens with zero attached hydrogens (tertiary/aromatic N) is 1. The van der Waals surface area contributed by atoms with E-state index in [4.69, 9.17) is 23.2 Å². The molecule has 0 spiro atoms. The number of carbonyl (C=O) groups is 2. The molecule has 0 unspecified atom stereocenters. The number of hydrogen-bond donors (Lipinski definition) is 1. The van der Waals surface area contributed by atoms with Gasteiger partial charge in [0.15, 0.2) is 0 Å². The third kappa shape index (κ3) is 5.90. The van der Waals surface area contributed by atoms with Gasteiger partial charge in [-0.25, -0.2) is 0 Å². The van der Waals surface area contributed by atoms with Gasteiger partial charge in [0, 0.05) is 43.8 Å². The molecule has 2 aromatic carbocycles. The topological polar surface area (TPSA) is 49.4 Å². The van der Waals surface area contributed by atoms with Crippen molar-refractivity contribution in [2.24, 2.45) is 0 Å². The molecule has 1 aliphatic heterocycles. The normalized spacial score (nSPS) is 14.1. The van der Waals surface area contributed by atoms with E-state index < -0.39 is 0 Å². The van der Waals surface area contributed by atoms with E-state index in [1.807, 2.05) is 29.2 Å². The molecule has 2 aromatic rings. The Balaban J connectivity index is 1.72. The van der Waals surface area contributed by atoms with Crippen LogP contribution in [0.2, 0.25) is 10.0 Å². The largest absolute Gasteiger partial charge is 0.352 e. The second-order valence-electron chi connectivity index (χ2n) is 7.95. The molecule has 1 heterocycles. The van der Waals surface area contributed by atoms with Gasteiger partial charge < -0.3 is 10.2 Å². The Hall–Kier alpha value is -2.30. The predicted octanol–water partition coefficient (Wildman–Crippen LogP) is 5.73. The smallest absolute Gasteiger partial charge is 0.244 e. The molecule has 6 heteroatoms. The van der Waals surface area contributed by atoms with Crippen LogP contribution in [0.4, 0.5) is 0 Å². The minimum absolute atomic E-state index is 0.202. The summed E-state index contributed by atoms with van der Waals surface area (Å²) >= 11 is 12.7. The second-order valence-corrected chi connectivity index (χ2v) is 8.70. The summed E-state index contributed by atoms with van der Waals surface area (Å²) in [5.41, 5.74) is 3.80. The van der Waals surface area contributed by atoms with Crippen LogP contribution in [0.5, 0.6) is 0 Å². The van der Waals surface area contributed by atoms with Crippen LogP contribution in [0.1, 0.15) is 50.2 Å². The molecular weight excluding hydrogens is 431 g/mol. The van der Waals surface area contributed by atoms with Crippen LogP contribution in [-0.4, -0.2) is 36.3 Å². The third-order valence-electron chi connectivity index (χ3n) is 5.41. The van der Waals surface area contributed by atoms with Crippen molar-refractivity contribution >= 4 is 41.1 Å². The van der Waals surface area contributed by atoms with E-state index in [0.29, 0.717) is 41.0 Å². The van der Waals surface area contributed by atoms with Gasteiger partial charge in [-0.1, -0.05) is 61.3 Å². The molecule has 4 nitrogen and oxygen atoms in total. The van der Waals surface area contributed by atoms with Gasteiger partial charge in [-0.3, -0.25) is 9.59 Å². The van der Waals surface area contributed by atoms with E-state index in [2.05, 4.69) is 31.3 Å². The first-order valence-electron chi connectivity index (χ1n) is 10.6. The maximum atomic E-state index is 12.3. The lowest BCUT2D eigenvalue weighted by atomic mass is 9.90. The Labute approximate surface area is 194 Å². The van der Waals surface area contributed by atoms with Gasteiger partial charge >= 0.3 is 0 Å². The Kier molecular flexibility index (Phi) is 8.16. The fourth-order valence-electron chi connectivity index (χ4n) is 3.78. The van der Waals surface area contributed by atoms with Gasteiger partial charge in [0.2, 0.25) is 11.8 Å². The number of likely N-dealkylation sites (tertiary alicyclic amines) is 1. The van der Waals surface area contributed by atoms with Gasteiger partial charge in [0.1, 0.15) is 0 Å². The highest BCUT2D eigenvalue weighted by Gasteiger charge is 2.19. The van der Waals surface area contributed by atoms with Crippen molar-refractivity contribution in [2.45, 2.75) is 39.0 Å². The molecule has 0 bridgehead atoms. The summed E-state index contributed by atoms with van der Waals surface area (Å²) in [6.07, 6.45) is 5.46. The minimum Gasteiger partial charge on any atom is -0.352 e. The van der Waals surface area contributed by atoms with Crippen molar-refractivity contribution < 1.29 is 9.59 Å². The fourth-order valence-corrected chi connectivity index (χ4v) is 4.16. The van der Waals surface area contributed by atoms with Gasteiger partial charge in [-0.15, -0.1) is 0 Å². The van der Waals surface area contributed by atoms with Gasteiger partial charge in [0.05, 0.1) is 10.0 Å². The highest BCUT2D eigenvalue weighted by atomic mass is 35.5. The van der Waals surface area contributed by atoms with Crippen molar-refractivity contribution in [3.8, 4) is 11.1 Å². The lowest BCUT2D eigenvalue weighted by molar-refractivity contribution is -0.127. The van der Waals surface area contributed by atoms with E-state index in [1.165, 1.54) is 11.6 Å². The number of hydrogen-bond acceptors (Lipinski definition) is 2. The van der Waals surface area contributed by atoms with Crippen molar-refractivity contribution in [1.29, 1.82) is 0 Å². The number of nitrogens with one attached hydrogen (secondary N) is 1. The first-order chi connectivity index (χ1) is 14.9. The molecular formula is C25H27Cl2N2O2.